The summed E-state index contributed by atoms with van der Waals surface area (Å²) in [5.74, 6) is 0.981. The highest BCUT2D eigenvalue weighted by Gasteiger charge is 2.14. The molecule has 6 heteroatoms. The number of nitrogens with zero attached hydrogens (tertiary/aromatic N) is 2. The van der Waals surface area contributed by atoms with Gasteiger partial charge in [-0.15, -0.1) is 0 Å². The van der Waals surface area contributed by atoms with Crippen molar-refractivity contribution in [2.24, 2.45) is 5.73 Å². The molecule has 21 heavy (non-hydrogen) atoms. The Bertz CT molecular complexity index is 667. The number of nitro benzene ring substituents is 1. The molecule has 1 aromatic carbocycles. The minimum Gasteiger partial charge on any atom is -0.439 e. The van der Waals surface area contributed by atoms with Gasteiger partial charge in [0.15, 0.2) is 0 Å². The molecule has 0 unspecified atom stereocenters. The monoisotopic (exact) mass is 287 g/mol. The summed E-state index contributed by atoms with van der Waals surface area (Å²) in [6.07, 6.45) is 1.66. The number of ether oxygens (including phenoxy) is 1. The molecule has 0 aliphatic rings. The fraction of sp³-hybridized carbons (Fsp3) is 0.267. The smallest absolute Gasteiger partial charge is 0.272 e. The summed E-state index contributed by atoms with van der Waals surface area (Å²) in [6, 6.07) is 6.64. The first-order chi connectivity index (χ1) is 9.88. The fourth-order valence-corrected chi connectivity index (χ4v) is 1.92. The first-order valence-electron chi connectivity index (χ1n) is 6.53. The molecule has 0 spiro atoms. The molecular formula is C15H17N3O3. The lowest BCUT2D eigenvalue weighted by molar-refractivity contribution is -0.385. The van der Waals surface area contributed by atoms with E-state index in [9.17, 15) is 10.1 Å². The zero-order valence-corrected chi connectivity index (χ0v) is 12.2. The summed E-state index contributed by atoms with van der Waals surface area (Å²) < 4.78 is 5.68. The van der Waals surface area contributed by atoms with Gasteiger partial charge in [0.1, 0.15) is 5.75 Å². The maximum atomic E-state index is 10.9. The van der Waals surface area contributed by atoms with E-state index in [1.165, 1.54) is 6.07 Å². The molecule has 0 amide bonds. The predicted octanol–water partition coefficient (Wildman–Crippen LogP) is 3.42. The van der Waals surface area contributed by atoms with Crippen molar-refractivity contribution in [2.75, 3.05) is 0 Å². The largest absolute Gasteiger partial charge is 0.439 e. The molecule has 2 N–H and O–H groups in total. The molecular weight excluding hydrogens is 270 g/mol. The summed E-state index contributed by atoms with van der Waals surface area (Å²) in [7, 11) is 0. The van der Waals surface area contributed by atoms with Crippen LogP contribution in [0.2, 0.25) is 0 Å². The summed E-state index contributed by atoms with van der Waals surface area (Å²) in [5, 5.41) is 10.9. The van der Waals surface area contributed by atoms with Crippen LogP contribution in [0.25, 0.3) is 0 Å². The standard InChI is InChI=1S/C15H17N3O3/c1-9-7-14(10(2)6-13(9)18(19)20)21-15-5-4-12(8-17-15)11(3)16/h4-8,11H,16H2,1-3H3/t11-/m0/s1. The summed E-state index contributed by atoms with van der Waals surface area (Å²) >= 11 is 0. The molecule has 0 radical (unpaired) electrons. The summed E-state index contributed by atoms with van der Waals surface area (Å²) in [4.78, 5) is 14.7. The second-order valence-corrected chi connectivity index (χ2v) is 4.98. The number of benzene rings is 1. The molecule has 0 bridgehead atoms. The van der Waals surface area contributed by atoms with Crippen LogP contribution in [-0.2, 0) is 0 Å². The Hall–Kier alpha value is -2.47. The number of hydrogen-bond donors (Lipinski definition) is 1. The Morgan fingerprint density at radius 1 is 1.29 bits per heavy atom. The van der Waals surface area contributed by atoms with E-state index in [1.54, 1.807) is 32.2 Å². The van der Waals surface area contributed by atoms with E-state index >= 15 is 0 Å². The number of aromatic nitrogens is 1. The molecule has 0 aliphatic carbocycles. The molecule has 110 valence electrons. The quantitative estimate of drug-likeness (QED) is 0.687. The number of aryl methyl sites for hydroxylation is 2. The molecule has 1 heterocycles. The first kappa shape index (κ1) is 14.9. The number of nitrogens with two attached hydrogens (primary N) is 1. The van der Waals surface area contributed by atoms with Crippen molar-refractivity contribution in [1.82, 2.24) is 4.98 Å². The van der Waals surface area contributed by atoms with Crippen molar-refractivity contribution >= 4 is 5.69 Å². The van der Waals surface area contributed by atoms with Crippen molar-refractivity contribution in [2.45, 2.75) is 26.8 Å². The molecule has 1 aromatic heterocycles. The van der Waals surface area contributed by atoms with E-state index in [4.69, 9.17) is 10.5 Å². The van der Waals surface area contributed by atoms with Crippen molar-refractivity contribution in [3.63, 3.8) is 0 Å². The first-order valence-corrected chi connectivity index (χ1v) is 6.53. The Kier molecular flexibility index (Phi) is 4.18. The second-order valence-electron chi connectivity index (χ2n) is 4.98. The van der Waals surface area contributed by atoms with Crippen LogP contribution in [0.4, 0.5) is 5.69 Å². The topological polar surface area (TPSA) is 91.3 Å². The van der Waals surface area contributed by atoms with E-state index in [0.717, 1.165) is 5.56 Å². The molecule has 6 nitrogen and oxygen atoms in total. The molecule has 0 aliphatic heterocycles. The Balaban J connectivity index is 2.27. The van der Waals surface area contributed by atoms with Crippen LogP contribution in [0, 0.1) is 24.0 Å². The summed E-state index contributed by atoms with van der Waals surface area (Å²) in [6.45, 7) is 5.32. The van der Waals surface area contributed by atoms with E-state index < -0.39 is 4.92 Å². The van der Waals surface area contributed by atoms with E-state index in [2.05, 4.69) is 4.98 Å². The predicted molar refractivity (Wildman–Crippen MR) is 79.5 cm³/mol. The number of hydrogen-bond acceptors (Lipinski definition) is 5. The lowest BCUT2D eigenvalue weighted by Gasteiger charge is -2.10. The lowest BCUT2D eigenvalue weighted by atomic mass is 10.1. The fourth-order valence-electron chi connectivity index (χ4n) is 1.92. The van der Waals surface area contributed by atoms with E-state index in [1.807, 2.05) is 13.0 Å². The van der Waals surface area contributed by atoms with Gasteiger partial charge in [-0.3, -0.25) is 10.1 Å². The van der Waals surface area contributed by atoms with Crippen LogP contribution >= 0.6 is 0 Å². The second kappa shape index (κ2) is 5.88. The number of nitro groups is 1. The molecule has 0 saturated heterocycles. The normalized spacial score (nSPS) is 12.0. The van der Waals surface area contributed by atoms with Gasteiger partial charge in [-0.2, -0.15) is 0 Å². The average molecular weight is 287 g/mol. The van der Waals surface area contributed by atoms with Crippen LogP contribution in [0.15, 0.2) is 30.5 Å². The van der Waals surface area contributed by atoms with Gasteiger partial charge in [0, 0.05) is 29.9 Å². The summed E-state index contributed by atoms with van der Waals surface area (Å²) in [5.41, 5.74) is 7.99. The maximum Gasteiger partial charge on any atom is 0.272 e. The Morgan fingerprint density at radius 3 is 2.52 bits per heavy atom. The van der Waals surface area contributed by atoms with Gasteiger partial charge in [-0.25, -0.2) is 4.98 Å². The average Bonchev–Trinajstić information content (AvgIpc) is 2.42. The Morgan fingerprint density at radius 2 is 2.00 bits per heavy atom. The van der Waals surface area contributed by atoms with Gasteiger partial charge >= 0.3 is 0 Å². The Labute approximate surface area is 122 Å². The highest BCUT2D eigenvalue weighted by atomic mass is 16.6. The van der Waals surface area contributed by atoms with Crippen LogP contribution in [0.3, 0.4) is 0 Å². The lowest BCUT2D eigenvalue weighted by Crippen LogP contribution is -2.05. The highest BCUT2D eigenvalue weighted by molar-refractivity contribution is 5.50. The van der Waals surface area contributed by atoms with Gasteiger partial charge in [0.2, 0.25) is 5.88 Å². The SMILES string of the molecule is Cc1cc([N+](=O)[O-])c(C)cc1Oc1ccc([C@H](C)N)cn1. The third-order valence-corrected chi connectivity index (χ3v) is 3.19. The van der Waals surface area contributed by atoms with Crippen LogP contribution in [0.1, 0.15) is 29.7 Å². The number of pyridine rings is 1. The van der Waals surface area contributed by atoms with Gasteiger partial charge in [0.05, 0.1) is 4.92 Å². The van der Waals surface area contributed by atoms with E-state index in [0.29, 0.717) is 22.8 Å². The van der Waals surface area contributed by atoms with Gasteiger partial charge < -0.3 is 10.5 Å². The van der Waals surface area contributed by atoms with Crippen molar-refractivity contribution in [3.05, 3.63) is 57.3 Å². The molecule has 1 atom stereocenters. The zero-order chi connectivity index (χ0) is 15.6. The van der Waals surface area contributed by atoms with Crippen molar-refractivity contribution in [1.29, 1.82) is 0 Å². The van der Waals surface area contributed by atoms with Crippen molar-refractivity contribution < 1.29 is 9.66 Å². The molecule has 2 aromatic rings. The number of rotatable bonds is 4. The highest BCUT2D eigenvalue weighted by Crippen LogP contribution is 2.30. The van der Waals surface area contributed by atoms with Gasteiger partial charge in [0.25, 0.3) is 5.69 Å². The van der Waals surface area contributed by atoms with Crippen LogP contribution in [-0.4, -0.2) is 9.91 Å². The third kappa shape index (κ3) is 3.35. The van der Waals surface area contributed by atoms with Crippen LogP contribution < -0.4 is 10.5 Å². The molecule has 0 fully saturated rings. The van der Waals surface area contributed by atoms with Gasteiger partial charge in [-0.1, -0.05) is 6.07 Å². The van der Waals surface area contributed by atoms with Gasteiger partial charge in [-0.05, 0) is 38.0 Å². The minimum atomic E-state index is -0.401. The molecule has 0 saturated carbocycles. The van der Waals surface area contributed by atoms with E-state index in [-0.39, 0.29) is 11.7 Å². The third-order valence-electron chi connectivity index (χ3n) is 3.19. The van der Waals surface area contributed by atoms with Crippen molar-refractivity contribution in [3.8, 4) is 11.6 Å². The minimum absolute atomic E-state index is 0.0834. The molecule has 2 rings (SSSR count). The maximum absolute atomic E-state index is 10.9. The zero-order valence-electron chi connectivity index (χ0n) is 12.2. The van der Waals surface area contributed by atoms with Crippen LogP contribution in [0.5, 0.6) is 11.6 Å².